The zero-order chi connectivity index (χ0) is 11.9. The Morgan fingerprint density at radius 3 is 3.00 bits per heavy atom. The fraction of sp³-hybridized carbons (Fsp3) is 0.286. The third-order valence-electron chi connectivity index (χ3n) is 2.61. The smallest absolute Gasteiger partial charge is 0.0950 e. The summed E-state index contributed by atoms with van der Waals surface area (Å²) in [5, 5.41) is 12.6. The van der Waals surface area contributed by atoms with E-state index in [1.165, 1.54) is 0 Å². The standard InChI is InChI=1S/C14H15N3/c1-2-3-4-7-10-15-14-11-16-17-13-9-6-5-8-12(13)14/h1,5-6,8-9,11H,3-4,7,10H2,(H,15,17). The molecule has 0 amide bonds. The van der Waals surface area contributed by atoms with Gasteiger partial charge in [-0.1, -0.05) is 18.2 Å². The number of hydrogen-bond acceptors (Lipinski definition) is 3. The summed E-state index contributed by atoms with van der Waals surface area (Å²) in [5.41, 5.74) is 1.96. The SMILES string of the molecule is C#CCCCCNc1cnnc2ccccc12. The molecule has 1 N–H and O–H groups in total. The summed E-state index contributed by atoms with van der Waals surface area (Å²) < 4.78 is 0. The number of fused-ring (bicyclic) bond motifs is 1. The molecule has 1 heterocycles. The first kappa shape index (κ1) is 11.4. The Labute approximate surface area is 101 Å². The quantitative estimate of drug-likeness (QED) is 0.628. The number of terminal acetylenes is 1. The van der Waals surface area contributed by atoms with Gasteiger partial charge in [-0.25, -0.2) is 0 Å². The van der Waals surface area contributed by atoms with E-state index in [2.05, 4.69) is 21.4 Å². The van der Waals surface area contributed by atoms with Gasteiger partial charge in [0.25, 0.3) is 0 Å². The van der Waals surface area contributed by atoms with Gasteiger partial charge in [-0.05, 0) is 18.9 Å². The maximum Gasteiger partial charge on any atom is 0.0950 e. The van der Waals surface area contributed by atoms with Crippen LogP contribution in [-0.4, -0.2) is 16.7 Å². The third-order valence-corrected chi connectivity index (χ3v) is 2.61. The lowest BCUT2D eigenvalue weighted by Gasteiger charge is -2.07. The highest BCUT2D eigenvalue weighted by molar-refractivity contribution is 5.90. The zero-order valence-corrected chi connectivity index (χ0v) is 9.69. The number of benzene rings is 1. The van der Waals surface area contributed by atoms with E-state index < -0.39 is 0 Å². The van der Waals surface area contributed by atoms with Crippen LogP contribution in [0.5, 0.6) is 0 Å². The second kappa shape index (κ2) is 5.86. The van der Waals surface area contributed by atoms with Gasteiger partial charge in [0, 0.05) is 18.4 Å². The molecular formula is C14H15N3. The van der Waals surface area contributed by atoms with Gasteiger partial charge in [-0.2, -0.15) is 10.2 Å². The molecule has 0 bridgehead atoms. The van der Waals surface area contributed by atoms with Crippen LogP contribution in [0.1, 0.15) is 19.3 Å². The first-order valence-electron chi connectivity index (χ1n) is 5.79. The van der Waals surface area contributed by atoms with E-state index in [1.807, 2.05) is 24.3 Å². The zero-order valence-electron chi connectivity index (χ0n) is 9.69. The first-order chi connectivity index (χ1) is 8.42. The van der Waals surface area contributed by atoms with Gasteiger partial charge in [0.15, 0.2) is 0 Å². The van der Waals surface area contributed by atoms with E-state index in [0.29, 0.717) is 0 Å². The second-order valence-electron chi connectivity index (χ2n) is 3.86. The van der Waals surface area contributed by atoms with E-state index in [4.69, 9.17) is 6.42 Å². The molecule has 1 aromatic carbocycles. The fourth-order valence-electron chi connectivity index (χ4n) is 1.72. The Hall–Kier alpha value is -2.08. The van der Waals surface area contributed by atoms with Crippen molar-refractivity contribution in [2.24, 2.45) is 0 Å². The lowest BCUT2D eigenvalue weighted by molar-refractivity contribution is 0.789. The number of rotatable bonds is 5. The predicted octanol–water partition coefficient (Wildman–Crippen LogP) is 2.85. The largest absolute Gasteiger partial charge is 0.383 e. The molecule has 0 unspecified atom stereocenters. The van der Waals surface area contributed by atoms with Crippen molar-refractivity contribution in [3.8, 4) is 12.3 Å². The van der Waals surface area contributed by atoms with Crippen LogP contribution in [-0.2, 0) is 0 Å². The van der Waals surface area contributed by atoms with Crippen LogP contribution in [0, 0.1) is 12.3 Å². The van der Waals surface area contributed by atoms with Gasteiger partial charge >= 0.3 is 0 Å². The molecule has 17 heavy (non-hydrogen) atoms. The summed E-state index contributed by atoms with van der Waals surface area (Å²) in [6, 6.07) is 7.99. The molecule has 0 fully saturated rings. The van der Waals surface area contributed by atoms with Crippen LogP contribution in [0.15, 0.2) is 30.5 Å². The van der Waals surface area contributed by atoms with Gasteiger partial charge < -0.3 is 5.32 Å². The summed E-state index contributed by atoms with van der Waals surface area (Å²) in [6.07, 6.45) is 9.95. The van der Waals surface area contributed by atoms with Crippen LogP contribution >= 0.6 is 0 Å². The molecule has 0 aliphatic carbocycles. The molecule has 0 aliphatic heterocycles. The molecule has 86 valence electrons. The predicted molar refractivity (Wildman–Crippen MR) is 70.7 cm³/mol. The number of nitrogens with one attached hydrogen (secondary N) is 1. The number of unbranched alkanes of at least 4 members (excludes halogenated alkanes) is 2. The van der Waals surface area contributed by atoms with Crippen molar-refractivity contribution in [1.29, 1.82) is 0 Å². The van der Waals surface area contributed by atoms with E-state index in [1.54, 1.807) is 6.20 Å². The van der Waals surface area contributed by atoms with Crippen molar-refractivity contribution in [1.82, 2.24) is 10.2 Å². The van der Waals surface area contributed by atoms with E-state index in [9.17, 15) is 0 Å². The van der Waals surface area contributed by atoms with Gasteiger partial charge in [0.1, 0.15) is 0 Å². The Balaban J connectivity index is 2.01. The molecular weight excluding hydrogens is 210 g/mol. The van der Waals surface area contributed by atoms with Crippen molar-refractivity contribution in [3.05, 3.63) is 30.5 Å². The monoisotopic (exact) mass is 225 g/mol. The molecule has 0 atom stereocenters. The molecule has 1 aromatic heterocycles. The topological polar surface area (TPSA) is 37.8 Å². The Morgan fingerprint density at radius 2 is 2.12 bits per heavy atom. The van der Waals surface area contributed by atoms with Gasteiger partial charge in [-0.15, -0.1) is 12.3 Å². The minimum absolute atomic E-state index is 0.844. The van der Waals surface area contributed by atoms with Crippen LogP contribution in [0.2, 0.25) is 0 Å². The molecule has 0 radical (unpaired) electrons. The fourth-order valence-corrected chi connectivity index (χ4v) is 1.72. The molecule has 2 aromatic rings. The molecule has 0 spiro atoms. The maximum absolute atomic E-state index is 5.21. The second-order valence-corrected chi connectivity index (χ2v) is 3.86. The summed E-state index contributed by atoms with van der Waals surface area (Å²) in [7, 11) is 0. The minimum Gasteiger partial charge on any atom is -0.383 e. The summed E-state index contributed by atoms with van der Waals surface area (Å²) >= 11 is 0. The van der Waals surface area contributed by atoms with Gasteiger partial charge in [-0.3, -0.25) is 0 Å². The summed E-state index contributed by atoms with van der Waals surface area (Å²) in [4.78, 5) is 0. The first-order valence-corrected chi connectivity index (χ1v) is 5.79. The number of aromatic nitrogens is 2. The lowest BCUT2D eigenvalue weighted by Crippen LogP contribution is -2.02. The highest BCUT2D eigenvalue weighted by atomic mass is 15.1. The van der Waals surface area contributed by atoms with E-state index in [0.717, 1.165) is 42.4 Å². The van der Waals surface area contributed by atoms with Crippen molar-refractivity contribution in [3.63, 3.8) is 0 Å². The number of anilines is 1. The van der Waals surface area contributed by atoms with E-state index >= 15 is 0 Å². The highest BCUT2D eigenvalue weighted by Crippen LogP contribution is 2.19. The van der Waals surface area contributed by atoms with Crippen molar-refractivity contribution in [2.75, 3.05) is 11.9 Å². The molecule has 0 saturated heterocycles. The van der Waals surface area contributed by atoms with Gasteiger partial charge in [0.2, 0.25) is 0 Å². The van der Waals surface area contributed by atoms with Crippen molar-refractivity contribution < 1.29 is 0 Å². The summed E-state index contributed by atoms with van der Waals surface area (Å²) in [5.74, 6) is 2.65. The normalized spacial score (nSPS) is 10.1. The van der Waals surface area contributed by atoms with E-state index in [-0.39, 0.29) is 0 Å². The minimum atomic E-state index is 0.844. The van der Waals surface area contributed by atoms with Crippen LogP contribution in [0.4, 0.5) is 5.69 Å². The number of nitrogens with zero attached hydrogens (tertiary/aromatic N) is 2. The maximum atomic E-state index is 5.21. The third kappa shape index (κ3) is 2.94. The summed E-state index contributed by atoms with van der Waals surface area (Å²) in [6.45, 7) is 0.914. The van der Waals surface area contributed by atoms with Gasteiger partial charge in [0.05, 0.1) is 17.4 Å². The molecule has 0 aliphatic rings. The highest BCUT2D eigenvalue weighted by Gasteiger charge is 2.00. The average molecular weight is 225 g/mol. The molecule has 3 nitrogen and oxygen atoms in total. The molecule has 2 rings (SSSR count). The van der Waals surface area contributed by atoms with Crippen LogP contribution < -0.4 is 5.32 Å². The molecule has 0 saturated carbocycles. The Bertz CT molecular complexity index is 523. The van der Waals surface area contributed by atoms with Crippen LogP contribution in [0.25, 0.3) is 10.9 Å². The average Bonchev–Trinajstić information content (AvgIpc) is 2.39. The Morgan fingerprint density at radius 1 is 1.24 bits per heavy atom. The number of hydrogen-bond donors (Lipinski definition) is 1. The van der Waals surface area contributed by atoms with Crippen molar-refractivity contribution >= 4 is 16.6 Å². The molecule has 3 heteroatoms. The Kier molecular flexibility index (Phi) is 3.93. The van der Waals surface area contributed by atoms with Crippen molar-refractivity contribution in [2.45, 2.75) is 19.3 Å². The lowest BCUT2D eigenvalue weighted by atomic mass is 10.2. The van der Waals surface area contributed by atoms with Crippen LogP contribution in [0.3, 0.4) is 0 Å².